The first-order valence-corrected chi connectivity index (χ1v) is 10.8. The number of piperidine rings is 1. The summed E-state index contributed by atoms with van der Waals surface area (Å²) in [5.41, 5.74) is 0.304. The lowest BCUT2D eigenvalue weighted by Gasteiger charge is -2.32. The highest BCUT2D eigenvalue weighted by Crippen LogP contribution is 2.21. The Labute approximate surface area is 183 Å². The van der Waals surface area contributed by atoms with Crippen molar-refractivity contribution >= 4 is 35.0 Å². The van der Waals surface area contributed by atoms with E-state index in [0.29, 0.717) is 23.0 Å². The van der Waals surface area contributed by atoms with Crippen molar-refractivity contribution in [3.63, 3.8) is 0 Å². The molecule has 0 aromatic heterocycles. The largest absolute Gasteiger partial charge is 0.383 e. The second-order valence-corrected chi connectivity index (χ2v) is 8.69. The van der Waals surface area contributed by atoms with Crippen molar-refractivity contribution in [3.05, 3.63) is 33.8 Å². The summed E-state index contributed by atoms with van der Waals surface area (Å²) in [5, 5.41) is 6.55. The van der Waals surface area contributed by atoms with Gasteiger partial charge in [0.05, 0.1) is 17.2 Å². The van der Waals surface area contributed by atoms with E-state index < -0.39 is 6.04 Å². The van der Waals surface area contributed by atoms with Crippen LogP contribution in [0, 0.1) is 11.8 Å². The summed E-state index contributed by atoms with van der Waals surface area (Å²) in [6.07, 6.45) is 2.09. The molecule has 1 saturated heterocycles. The lowest BCUT2D eigenvalue weighted by atomic mass is 9.96. The van der Waals surface area contributed by atoms with E-state index in [1.807, 2.05) is 13.8 Å². The average molecular weight is 444 g/mol. The van der Waals surface area contributed by atoms with Crippen LogP contribution >= 0.6 is 23.2 Å². The maximum absolute atomic E-state index is 12.7. The Kier molecular flexibility index (Phi) is 9.69. The molecule has 6 nitrogen and oxygen atoms in total. The SMILES string of the molecule is COCCN1CCC(CNC(=O)C(NC(=O)c2ccc(Cl)cc2Cl)C(C)C)CC1. The van der Waals surface area contributed by atoms with Gasteiger partial charge in [-0.15, -0.1) is 0 Å². The van der Waals surface area contributed by atoms with Crippen LogP contribution in [0.25, 0.3) is 0 Å². The highest BCUT2D eigenvalue weighted by molar-refractivity contribution is 6.36. The zero-order valence-corrected chi connectivity index (χ0v) is 18.9. The molecule has 1 heterocycles. The van der Waals surface area contributed by atoms with Crippen LogP contribution in [0.4, 0.5) is 0 Å². The Hall–Kier alpha value is -1.34. The monoisotopic (exact) mass is 443 g/mol. The van der Waals surface area contributed by atoms with Gasteiger partial charge >= 0.3 is 0 Å². The standard InChI is InChI=1S/C21H31Cl2N3O3/c1-14(2)19(25-20(27)17-5-4-16(22)12-18(17)23)21(28)24-13-15-6-8-26(9-7-15)10-11-29-3/h4-5,12,14-15,19H,6-11,13H2,1-3H3,(H,24,28)(H,25,27). The number of rotatable bonds is 9. The molecule has 8 heteroatoms. The van der Waals surface area contributed by atoms with Gasteiger partial charge in [0.25, 0.3) is 5.91 Å². The van der Waals surface area contributed by atoms with E-state index in [9.17, 15) is 9.59 Å². The molecule has 0 spiro atoms. The first-order valence-electron chi connectivity index (χ1n) is 10.1. The van der Waals surface area contributed by atoms with Gasteiger partial charge in [-0.1, -0.05) is 37.0 Å². The molecule has 0 aliphatic carbocycles. The van der Waals surface area contributed by atoms with E-state index in [1.165, 1.54) is 6.07 Å². The van der Waals surface area contributed by atoms with E-state index in [4.69, 9.17) is 27.9 Å². The Morgan fingerprint density at radius 1 is 1.24 bits per heavy atom. The predicted octanol–water partition coefficient (Wildman–Crippen LogP) is 3.22. The number of nitrogens with one attached hydrogen (secondary N) is 2. The Morgan fingerprint density at radius 2 is 1.93 bits per heavy atom. The van der Waals surface area contributed by atoms with Gasteiger partial charge in [-0.25, -0.2) is 0 Å². The molecule has 162 valence electrons. The minimum Gasteiger partial charge on any atom is -0.383 e. The van der Waals surface area contributed by atoms with Crippen molar-refractivity contribution in [2.45, 2.75) is 32.7 Å². The van der Waals surface area contributed by atoms with E-state index >= 15 is 0 Å². The molecule has 1 unspecified atom stereocenters. The molecular weight excluding hydrogens is 413 g/mol. The fourth-order valence-corrected chi connectivity index (χ4v) is 3.91. The van der Waals surface area contributed by atoms with Gasteiger partial charge in [-0.2, -0.15) is 0 Å². The molecule has 29 heavy (non-hydrogen) atoms. The number of methoxy groups -OCH3 is 1. The van der Waals surface area contributed by atoms with Crippen molar-refractivity contribution < 1.29 is 14.3 Å². The summed E-state index contributed by atoms with van der Waals surface area (Å²) in [6, 6.07) is 4.05. The molecule has 0 bridgehead atoms. The first-order chi connectivity index (χ1) is 13.8. The van der Waals surface area contributed by atoms with Crippen molar-refractivity contribution in [1.29, 1.82) is 0 Å². The third-order valence-electron chi connectivity index (χ3n) is 5.30. The second-order valence-electron chi connectivity index (χ2n) is 7.84. The summed E-state index contributed by atoms with van der Waals surface area (Å²) in [6.45, 7) is 8.16. The van der Waals surface area contributed by atoms with Crippen LogP contribution < -0.4 is 10.6 Å². The smallest absolute Gasteiger partial charge is 0.253 e. The maximum Gasteiger partial charge on any atom is 0.253 e. The zero-order valence-electron chi connectivity index (χ0n) is 17.3. The molecule has 1 aliphatic heterocycles. The van der Waals surface area contributed by atoms with Crippen LogP contribution in [0.5, 0.6) is 0 Å². The average Bonchev–Trinajstić information content (AvgIpc) is 2.69. The maximum atomic E-state index is 12.7. The highest BCUT2D eigenvalue weighted by Gasteiger charge is 2.27. The molecule has 2 N–H and O–H groups in total. The summed E-state index contributed by atoms with van der Waals surface area (Å²) in [5.74, 6) is -0.153. The fourth-order valence-electron chi connectivity index (χ4n) is 3.42. The third-order valence-corrected chi connectivity index (χ3v) is 5.84. The number of carbonyl (C=O) groups is 2. The van der Waals surface area contributed by atoms with Crippen LogP contribution in [0.3, 0.4) is 0 Å². The number of ether oxygens (including phenoxy) is 1. The number of hydrogen-bond acceptors (Lipinski definition) is 4. The minimum atomic E-state index is -0.629. The molecule has 1 aromatic rings. The Morgan fingerprint density at radius 3 is 2.52 bits per heavy atom. The molecule has 0 radical (unpaired) electrons. The number of halogens is 2. The molecule has 1 aromatic carbocycles. The number of likely N-dealkylation sites (tertiary alicyclic amines) is 1. The fraction of sp³-hybridized carbons (Fsp3) is 0.619. The van der Waals surface area contributed by atoms with Crippen molar-refractivity contribution in [3.8, 4) is 0 Å². The molecule has 0 saturated carbocycles. The summed E-state index contributed by atoms with van der Waals surface area (Å²) < 4.78 is 5.13. The van der Waals surface area contributed by atoms with Gasteiger partial charge < -0.3 is 20.3 Å². The van der Waals surface area contributed by atoms with E-state index in [-0.39, 0.29) is 22.8 Å². The second kappa shape index (κ2) is 11.7. The zero-order chi connectivity index (χ0) is 21.4. The minimum absolute atomic E-state index is 0.0547. The van der Waals surface area contributed by atoms with Crippen LogP contribution in [0.15, 0.2) is 18.2 Å². The summed E-state index contributed by atoms with van der Waals surface area (Å²) in [7, 11) is 1.72. The lowest BCUT2D eigenvalue weighted by molar-refractivity contribution is -0.124. The number of nitrogens with zero attached hydrogens (tertiary/aromatic N) is 1. The van der Waals surface area contributed by atoms with Gasteiger partial charge in [-0.3, -0.25) is 9.59 Å². The van der Waals surface area contributed by atoms with Gasteiger partial charge in [0.1, 0.15) is 6.04 Å². The van der Waals surface area contributed by atoms with Gasteiger partial charge in [-0.05, 0) is 56.0 Å². The summed E-state index contributed by atoms with van der Waals surface area (Å²) in [4.78, 5) is 27.7. The molecular formula is C21H31Cl2N3O3. The summed E-state index contributed by atoms with van der Waals surface area (Å²) >= 11 is 12.0. The first kappa shape index (κ1) is 23.9. The van der Waals surface area contributed by atoms with Crippen LogP contribution in [-0.4, -0.2) is 62.7 Å². The number of benzene rings is 1. The van der Waals surface area contributed by atoms with Crippen LogP contribution in [0.1, 0.15) is 37.0 Å². The van der Waals surface area contributed by atoms with Crippen molar-refractivity contribution in [2.75, 3.05) is 39.9 Å². The molecule has 1 aliphatic rings. The van der Waals surface area contributed by atoms with Crippen LogP contribution in [-0.2, 0) is 9.53 Å². The van der Waals surface area contributed by atoms with Gasteiger partial charge in [0, 0.05) is 25.2 Å². The lowest BCUT2D eigenvalue weighted by Crippen LogP contribution is -2.51. The Bertz CT molecular complexity index is 692. The molecule has 1 fully saturated rings. The molecule has 2 rings (SSSR count). The van der Waals surface area contributed by atoms with Gasteiger partial charge in [0.15, 0.2) is 0 Å². The number of hydrogen-bond donors (Lipinski definition) is 2. The topological polar surface area (TPSA) is 70.7 Å². The van der Waals surface area contributed by atoms with E-state index in [0.717, 1.165) is 39.1 Å². The Balaban J connectivity index is 1.85. The van der Waals surface area contributed by atoms with E-state index in [2.05, 4.69) is 15.5 Å². The predicted molar refractivity (Wildman–Crippen MR) is 117 cm³/mol. The normalized spacial score (nSPS) is 16.6. The van der Waals surface area contributed by atoms with Gasteiger partial charge in [0.2, 0.25) is 5.91 Å². The van der Waals surface area contributed by atoms with E-state index in [1.54, 1.807) is 19.2 Å². The van der Waals surface area contributed by atoms with Crippen molar-refractivity contribution in [2.24, 2.45) is 11.8 Å². The van der Waals surface area contributed by atoms with Crippen LogP contribution in [0.2, 0.25) is 10.0 Å². The van der Waals surface area contributed by atoms with Crippen molar-refractivity contribution in [1.82, 2.24) is 15.5 Å². The molecule has 2 amide bonds. The number of carbonyl (C=O) groups excluding carboxylic acids is 2. The third kappa shape index (κ3) is 7.45. The molecule has 1 atom stereocenters. The number of amides is 2. The highest BCUT2D eigenvalue weighted by atomic mass is 35.5. The quantitative estimate of drug-likeness (QED) is 0.614.